The Balaban J connectivity index is 3.89. The van der Waals surface area contributed by atoms with Crippen molar-refractivity contribution in [2.45, 2.75) is 52.4 Å². The molecule has 0 atom stereocenters. The highest BCUT2D eigenvalue weighted by molar-refractivity contribution is 7.59. The fourth-order valence-electron chi connectivity index (χ4n) is 1.54. The van der Waals surface area contributed by atoms with Gasteiger partial charge in [-0.15, -0.1) is 0 Å². The summed E-state index contributed by atoms with van der Waals surface area (Å²) in [4.78, 5) is 0. The highest BCUT2D eigenvalue weighted by atomic mass is 35.5. The first-order valence-corrected chi connectivity index (χ1v) is 8.50. The van der Waals surface area contributed by atoms with E-state index in [0.717, 1.165) is 38.5 Å². The lowest BCUT2D eigenvalue weighted by molar-refractivity contribution is 0.369. The maximum Gasteiger partial charge on any atom is 0.204 e. The average Bonchev–Trinajstić information content (AvgIpc) is 2.19. The van der Waals surface area contributed by atoms with Crippen molar-refractivity contribution in [3.63, 3.8) is 0 Å². The molecule has 0 aliphatic rings. The van der Waals surface area contributed by atoms with Crippen LogP contribution in [0.15, 0.2) is 0 Å². The van der Waals surface area contributed by atoms with Gasteiger partial charge < -0.3 is 4.52 Å². The Labute approximate surface area is 99.2 Å². The zero-order valence-corrected chi connectivity index (χ0v) is 11.7. The molecule has 0 aromatic carbocycles. The van der Waals surface area contributed by atoms with Crippen molar-refractivity contribution in [2.24, 2.45) is 0 Å². The Morgan fingerprint density at radius 1 is 1.00 bits per heavy atom. The normalized spacial score (nSPS) is 11.9. The minimum absolute atomic E-state index is 0.0650. The lowest BCUT2D eigenvalue weighted by Gasteiger charge is -2.16. The van der Waals surface area contributed by atoms with E-state index >= 15 is 0 Å². The Kier molecular flexibility index (Phi) is 10.00. The van der Waals surface area contributed by atoms with Crippen molar-refractivity contribution in [3.8, 4) is 0 Å². The van der Waals surface area contributed by atoms with Crippen LogP contribution in [-0.2, 0) is 9.09 Å². The summed E-state index contributed by atoms with van der Waals surface area (Å²) in [6.45, 7) is 4.29. The average molecular weight is 255 g/mol. The van der Waals surface area contributed by atoms with Crippen molar-refractivity contribution in [1.82, 2.24) is 0 Å². The number of hydrogen-bond donors (Lipinski definition) is 0. The molecule has 0 aromatic rings. The van der Waals surface area contributed by atoms with E-state index in [0.29, 0.717) is 12.3 Å². The van der Waals surface area contributed by atoms with Crippen LogP contribution in [0, 0.1) is 0 Å². The molecule has 0 amide bonds. The summed E-state index contributed by atoms with van der Waals surface area (Å²) < 4.78 is 17.5. The van der Waals surface area contributed by atoms with Crippen LogP contribution in [-0.4, -0.2) is 18.4 Å². The molecule has 0 saturated carbocycles. The summed E-state index contributed by atoms with van der Waals surface area (Å²) in [5, 5.41) is 0. The molecule has 0 unspecified atom stereocenters. The van der Waals surface area contributed by atoms with Gasteiger partial charge in [-0.25, -0.2) is 0 Å². The molecule has 4 heteroatoms. The molecular weight excluding hydrogens is 231 g/mol. The quantitative estimate of drug-likeness (QED) is 0.316. The molecule has 0 aliphatic heterocycles. The monoisotopic (exact) mass is 254 g/mol. The van der Waals surface area contributed by atoms with E-state index in [4.69, 9.17) is 16.1 Å². The van der Waals surface area contributed by atoms with E-state index in [2.05, 4.69) is 13.8 Å². The van der Waals surface area contributed by atoms with Gasteiger partial charge in [-0.05, 0) is 12.8 Å². The summed E-state index contributed by atoms with van der Waals surface area (Å²) in [5.74, 6) is 0. The van der Waals surface area contributed by atoms with E-state index in [1.165, 1.54) is 0 Å². The molecule has 0 saturated heterocycles. The second-order valence-corrected chi connectivity index (χ2v) is 6.91. The maximum absolute atomic E-state index is 12.3. The fraction of sp³-hybridized carbons (Fsp3) is 1.00. The predicted molar refractivity (Wildman–Crippen MR) is 68.2 cm³/mol. The third kappa shape index (κ3) is 8.30. The summed E-state index contributed by atoms with van der Waals surface area (Å²) in [7, 11) is -2.41. The predicted octanol–water partition coefficient (Wildman–Crippen LogP) is 4.86. The van der Waals surface area contributed by atoms with Crippen LogP contribution >= 0.6 is 19.0 Å². The van der Waals surface area contributed by atoms with Crippen LogP contribution in [0.25, 0.3) is 0 Å². The molecule has 0 radical (unpaired) electrons. The molecule has 0 rings (SSSR count). The molecule has 92 valence electrons. The zero-order chi connectivity index (χ0) is 11.6. The van der Waals surface area contributed by atoms with Gasteiger partial charge in [0.1, 0.15) is 6.07 Å². The summed E-state index contributed by atoms with van der Waals surface area (Å²) in [6, 6.07) is 0.0650. The molecule has 0 heterocycles. The number of halogens is 1. The molecule has 0 N–H and O–H groups in total. The minimum atomic E-state index is -2.41. The van der Waals surface area contributed by atoms with Crippen molar-refractivity contribution in [3.05, 3.63) is 0 Å². The van der Waals surface area contributed by atoms with E-state index in [-0.39, 0.29) is 6.07 Å². The van der Waals surface area contributed by atoms with Crippen LogP contribution in [0.5, 0.6) is 0 Å². The highest BCUT2D eigenvalue weighted by Crippen LogP contribution is 2.48. The number of rotatable bonds is 10. The molecule has 15 heavy (non-hydrogen) atoms. The Hall–Kier alpha value is 0.480. The van der Waals surface area contributed by atoms with Gasteiger partial charge in [-0.2, -0.15) is 0 Å². The van der Waals surface area contributed by atoms with Gasteiger partial charge in [0, 0.05) is 12.3 Å². The fourth-order valence-corrected chi connectivity index (χ4v) is 4.14. The molecular formula is C11H24ClO2P. The summed E-state index contributed by atoms with van der Waals surface area (Å²) in [6.07, 6.45) is 7.96. The van der Waals surface area contributed by atoms with Crippen molar-refractivity contribution < 1.29 is 9.09 Å². The Morgan fingerprint density at radius 2 is 1.47 bits per heavy atom. The molecule has 0 spiro atoms. The van der Waals surface area contributed by atoms with Crippen molar-refractivity contribution in [1.29, 1.82) is 0 Å². The van der Waals surface area contributed by atoms with Gasteiger partial charge >= 0.3 is 0 Å². The van der Waals surface area contributed by atoms with E-state index in [1.807, 2.05) is 0 Å². The lowest BCUT2D eigenvalue weighted by Crippen LogP contribution is -2.00. The summed E-state index contributed by atoms with van der Waals surface area (Å²) >= 11 is 5.52. The SMILES string of the molecule is CCCCCP(=O)(CCCCC)OCCl. The third-order valence-corrected chi connectivity index (χ3v) is 5.34. The number of unbranched alkanes of at least 4 members (excludes halogenated alkanes) is 4. The first-order valence-electron chi connectivity index (χ1n) is 5.97. The third-order valence-electron chi connectivity index (χ3n) is 2.49. The van der Waals surface area contributed by atoms with E-state index < -0.39 is 7.37 Å². The highest BCUT2D eigenvalue weighted by Gasteiger charge is 2.21. The summed E-state index contributed by atoms with van der Waals surface area (Å²) in [5.41, 5.74) is 0. The first kappa shape index (κ1) is 15.5. The van der Waals surface area contributed by atoms with Crippen LogP contribution in [0.1, 0.15) is 52.4 Å². The maximum atomic E-state index is 12.3. The molecule has 0 aliphatic carbocycles. The van der Waals surface area contributed by atoms with Gasteiger partial charge in [0.15, 0.2) is 0 Å². The number of alkyl halides is 1. The van der Waals surface area contributed by atoms with Gasteiger partial charge in [0.2, 0.25) is 7.37 Å². The van der Waals surface area contributed by atoms with Crippen LogP contribution in [0.2, 0.25) is 0 Å². The molecule has 2 nitrogen and oxygen atoms in total. The van der Waals surface area contributed by atoms with Gasteiger partial charge in [-0.1, -0.05) is 51.1 Å². The van der Waals surface area contributed by atoms with Gasteiger partial charge in [0.05, 0.1) is 0 Å². The standard InChI is InChI=1S/C11H24ClO2P/c1-3-5-7-9-15(13,14-11-12)10-8-6-4-2/h3-11H2,1-2H3. The minimum Gasteiger partial charge on any atom is -0.312 e. The van der Waals surface area contributed by atoms with Gasteiger partial charge in [-0.3, -0.25) is 4.57 Å². The van der Waals surface area contributed by atoms with Crippen molar-refractivity contribution >= 4 is 19.0 Å². The molecule has 0 aromatic heterocycles. The Bertz CT molecular complexity index is 171. The second-order valence-electron chi connectivity index (χ2n) is 3.91. The largest absolute Gasteiger partial charge is 0.312 e. The van der Waals surface area contributed by atoms with Gasteiger partial charge in [0.25, 0.3) is 0 Å². The molecule has 0 bridgehead atoms. The van der Waals surface area contributed by atoms with E-state index in [1.54, 1.807) is 0 Å². The van der Waals surface area contributed by atoms with Crippen molar-refractivity contribution in [2.75, 3.05) is 18.4 Å². The topological polar surface area (TPSA) is 26.3 Å². The van der Waals surface area contributed by atoms with Crippen LogP contribution in [0.4, 0.5) is 0 Å². The Morgan fingerprint density at radius 3 is 1.80 bits per heavy atom. The lowest BCUT2D eigenvalue weighted by atomic mass is 10.3. The zero-order valence-electron chi connectivity index (χ0n) is 10.0. The molecule has 0 fully saturated rings. The van der Waals surface area contributed by atoms with Crippen LogP contribution in [0.3, 0.4) is 0 Å². The number of hydrogen-bond acceptors (Lipinski definition) is 2. The van der Waals surface area contributed by atoms with Crippen LogP contribution < -0.4 is 0 Å². The first-order chi connectivity index (χ1) is 7.18. The smallest absolute Gasteiger partial charge is 0.204 e. The van der Waals surface area contributed by atoms with E-state index in [9.17, 15) is 4.57 Å². The second kappa shape index (κ2) is 9.69.